The van der Waals surface area contributed by atoms with Crippen molar-refractivity contribution in [3.8, 4) is 11.5 Å². The summed E-state index contributed by atoms with van der Waals surface area (Å²) >= 11 is 6.65. The number of thiocarbonyl (C=S) groups is 1. The highest BCUT2D eigenvalue weighted by Gasteiger charge is 2.31. The van der Waals surface area contributed by atoms with Crippen molar-refractivity contribution in [1.29, 1.82) is 0 Å². The number of esters is 1. The molecule has 1 aliphatic heterocycles. The number of hydrogen-bond acceptors (Lipinski definition) is 7. The van der Waals surface area contributed by atoms with Gasteiger partial charge in [0.25, 0.3) is 5.91 Å². The Balaban J connectivity index is 1.96. The van der Waals surface area contributed by atoms with Crippen molar-refractivity contribution in [2.45, 2.75) is 32.6 Å². The van der Waals surface area contributed by atoms with Gasteiger partial charge in [-0.15, -0.1) is 0 Å². The second-order valence-electron chi connectivity index (χ2n) is 6.06. The van der Waals surface area contributed by atoms with Gasteiger partial charge in [-0.1, -0.05) is 30.4 Å². The van der Waals surface area contributed by atoms with Crippen LogP contribution in [-0.2, 0) is 14.3 Å². The molecule has 0 aromatic heterocycles. The maximum absolute atomic E-state index is 12.7. The molecule has 152 valence electrons. The van der Waals surface area contributed by atoms with Crippen molar-refractivity contribution in [3.05, 3.63) is 28.7 Å². The van der Waals surface area contributed by atoms with E-state index in [4.69, 9.17) is 26.4 Å². The van der Waals surface area contributed by atoms with Crippen molar-refractivity contribution in [2.75, 3.05) is 27.4 Å². The van der Waals surface area contributed by atoms with Crippen LogP contribution < -0.4 is 9.47 Å². The van der Waals surface area contributed by atoms with Gasteiger partial charge in [0.15, 0.2) is 0 Å². The zero-order valence-electron chi connectivity index (χ0n) is 16.4. The number of carbonyl (C=O) groups excluding carboxylic acids is 2. The molecule has 6 nitrogen and oxygen atoms in total. The maximum atomic E-state index is 12.7. The predicted octanol–water partition coefficient (Wildman–Crippen LogP) is 4.03. The van der Waals surface area contributed by atoms with Crippen molar-refractivity contribution in [3.63, 3.8) is 0 Å². The molecule has 1 saturated heterocycles. The van der Waals surface area contributed by atoms with Gasteiger partial charge >= 0.3 is 5.97 Å². The van der Waals surface area contributed by atoms with Gasteiger partial charge < -0.3 is 14.2 Å². The summed E-state index contributed by atoms with van der Waals surface area (Å²) in [4.78, 5) is 26.3. The van der Waals surface area contributed by atoms with Gasteiger partial charge in [-0.25, -0.2) is 0 Å². The third-order valence-corrected chi connectivity index (χ3v) is 5.54. The molecule has 8 heteroatoms. The Labute approximate surface area is 175 Å². The molecule has 0 aliphatic carbocycles. The summed E-state index contributed by atoms with van der Waals surface area (Å²) in [6.07, 6.45) is 4.54. The fourth-order valence-corrected chi connectivity index (χ4v) is 4.03. The Morgan fingerprint density at radius 1 is 1.21 bits per heavy atom. The highest BCUT2D eigenvalue weighted by Crippen LogP contribution is 2.35. The summed E-state index contributed by atoms with van der Waals surface area (Å²) in [6.45, 7) is 2.74. The highest BCUT2D eigenvalue weighted by atomic mass is 32.2. The Kier molecular flexibility index (Phi) is 8.79. The maximum Gasteiger partial charge on any atom is 0.305 e. The number of rotatable bonds is 10. The van der Waals surface area contributed by atoms with Crippen molar-refractivity contribution in [1.82, 2.24) is 4.90 Å². The van der Waals surface area contributed by atoms with E-state index in [1.54, 1.807) is 44.3 Å². The summed E-state index contributed by atoms with van der Waals surface area (Å²) in [7, 11) is 3.17. The predicted molar refractivity (Wildman–Crippen MR) is 115 cm³/mol. The molecule has 0 radical (unpaired) electrons. The van der Waals surface area contributed by atoms with Crippen LogP contribution in [0.5, 0.6) is 11.5 Å². The van der Waals surface area contributed by atoms with Crippen LogP contribution in [0.15, 0.2) is 23.1 Å². The summed E-state index contributed by atoms with van der Waals surface area (Å²) < 4.78 is 16.1. The van der Waals surface area contributed by atoms with E-state index in [0.717, 1.165) is 24.8 Å². The lowest BCUT2D eigenvalue weighted by Gasteiger charge is -2.14. The van der Waals surface area contributed by atoms with E-state index >= 15 is 0 Å². The first-order valence-electron chi connectivity index (χ1n) is 9.13. The second kappa shape index (κ2) is 11.1. The van der Waals surface area contributed by atoms with Crippen LogP contribution in [0.2, 0.25) is 0 Å². The molecule has 0 N–H and O–H groups in total. The molecule has 1 aliphatic rings. The topological polar surface area (TPSA) is 65.1 Å². The molecule has 0 atom stereocenters. The number of ether oxygens (including phenoxy) is 3. The van der Waals surface area contributed by atoms with E-state index in [9.17, 15) is 9.59 Å². The fraction of sp³-hybridized carbons (Fsp3) is 0.450. The van der Waals surface area contributed by atoms with E-state index in [-0.39, 0.29) is 11.9 Å². The normalized spacial score (nSPS) is 15.2. The molecule has 28 heavy (non-hydrogen) atoms. The van der Waals surface area contributed by atoms with Crippen LogP contribution in [0.3, 0.4) is 0 Å². The Hall–Kier alpha value is -2.06. The van der Waals surface area contributed by atoms with Crippen molar-refractivity contribution in [2.24, 2.45) is 0 Å². The number of amides is 1. The third kappa shape index (κ3) is 5.97. The summed E-state index contributed by atoms with van der Waals surface area (Å²) in [5.74, 6) is 1.06. The Bertz CT molecular complexity index is 763. The van der Waals surface area contributed by atoms with Crippen LogP contribution in [-0.4, -0.2) is 48.5 Å². The van der Waals surface area contributed by atoms with Gasteiger partial charge in [0.1, 0.15) is 15.8 Å². The lowest BCUT2D eigenvalue weighted by atomic mass is 10.1. The molecule has 0 spiro atoms. The molecule has 0 saturated carbocycles. The van der Waals surface area contributed by atoms with Crippen LogP contribution >= 0.6 is 24.0 Å². The zero-order valence-corrected chi connectivity index (χ0v) is 18.0. The molecular formula is C20H25NO5S2. The highest BCUT2D eigenvalue weighted by molar-refractivity contribution is 8.26. The average molecular weight is 424 g/mol. The SMILES string of the molecule is CCOC(=O)CCCCCN1C(=O)/C(=C/c2cc(OC)ccc2OC)SC1=S. The average Bonchev–Trinajstić information content (AvgIpc) is 2.95. The minimum absolute atomic E-state index is 0.106. The van der Waals surface area contributed by atoms with Crippen LogP contribution in [0.1, 0.15) is 38.2 Å². The second-order valence-corrected chi connectivity index (χ2v) is 7.73. The molecule has 1 amide bonds. The minimum atomic E-state index is -0.178. The summed E-state index contributed by atoms with van der Waals surface area (Å²) in [5, 5.41) is 0. The molecular weight excluding hydrogens is 398 g/mol. The first kappa shape index (κ1) is 22.2. The van der Waals surface area contributed by atoms with E-state index in [1.807, 2.05) is 6.07 Å². The standard InChI is InChI=1S/C20H25NO5S2/c1-4-26-18(22)8-6-5-7-11-21-19(23)17(28-20(21)27)13-14-12-15(24-2)9-10-16(14)25-3/h9-10,12-13H,4-8,11H2,1-3H3/b17-13-. The summed E-state index contributed by atoms with van der Waals surface area (Å²) in [6, 6.07) is 5.42. The monoisotopic (exact) mass is 423 g/mol. The third-order valence-electron chi connectivity index (χ3n) is 4.17. The van der Waals surface area contributed by atoms with Gasteiger partial charge in [-0.2, -0.15) is 0 Å². The van der Waals surface area contributed by atoms with Crippen LogP contribution in [0, 0.1) is 0 Å². The molecule has 0 unspecified atom stereocenters. The Morgan fingerprint density at radius 2 is 2.00 bits per heavy atom. The van der Waals surface area contributed by atoms with E-state index in [0.29, 0.717) is 40.3 Å². The molecule has 1 heterocycles. The van der Waals surface area contributed by atoms with Gasteiger partial charge in [-0.05, 0) is 44.0 Å². The Morgan fingerprint density at radius 3 is 2.68 bits per heavy atom. The quantitative estimate of drug-likeness (QED) is 0.244. The first-order valence-corrected chi connectivity index (χ1v) is 10.4. The number of methoxy groups -OCH3 is 2. The number of thioether (sulfide) groups is 1. The smallest absolute Gasteiger partial charge is 0.305 e. The molecule has 1 aromatic rings. The van der Waals surface area contributed by atoms with Crippen molar-refractivity contribution < 1.29 is 23.8 Å². The van der Waals surface area contributed by atoms with Gasteiger partial charge in [0.05, 0.1) is 25.7 Å². The molecule has 1 aromatic carbocycles. The van der Waals surface area contributed by atoms with Gasteiger partial charge in [0, 0.05) is 18.5 Å². The molecule has 1 fully saturated rings. The van der Waals surface area contributed by atoms with E-state index in [1.165, 1.54) is 11.8 Å². The van der Waals surface area contributed by atoms with Crippen LogP contribution in [0.25, 0.3) is 6.08 Å². The summed E-state index contributed by atoms with van der Waals surface area (Å²) in [5.41, 5.74) is 0.761. The first-order chi connectivity index (χ1) is 13.5. The van der Waals surface area contributed by atoms with Gasteiger partial charge in [-0.3, -0.25) is 14.5 Å². The van der Waals surface area contributed by atoms with Crippen molar-refractivity contribution >= 4 is 46.3 Å². The van der Waals surface area contributed by atoms with Gasteiger partial charge in [0.2, 0.25) is 0 Å². The number of carbonyl (C=O) groups is 2. The number of nitrogens with zero attached hydrogens (tertiary/aromatic N) is 1. The molecule has 2 rings (SSSR count). The minimum Gasteiger partial charge on any atom is -0.497 e. The van der Waals surface area contributed by atoms with Crippen LogP contribution in [0.4, 0.5) is 0 Å². The number of hydrogen-bond donors (Lipinski definition) is 0. The molecule has 0 bridgehead atoms. The van der Waals surface area contributed by atoms with E-state index < -0.39 is 0 Å². The van der Waals surface area contributed by atoms with E-state index in [2.05, 4.69) is 0 Å². The zero-order chi connectivity index (χ0) is 20.5. The lowest BCUT2D eigenvalue weighted by molar-refractivity contribution is -0.143. The largest absolute Gasteiger partial charge is 0.497 e. The fourth-order valence-electron chi connectivity index (χ4n) is 2.74. The number of benzene rings is 1. The lowest BCUT2D eigenvalue weighted by Crippen LogP contribution is -2.29. The number of unbranched alkanes of at least 4 members (excludes halogenated alkanes) is 2.